The van der Waals surface area contributed by atoms with Gasteiger partial charge in [-0.15, -0.1) is 0 Å². The zero-order chi connectivity index (χ0) is 13.6. The molecule has 1 saturated heterocycles. The van der Waals surface area contributed by atoms with Gasteiger partial charge in [-0.05, 0) is 18.9 Å². The first-order valence-electron chi connectivity index (χ1n) is 5.59. The van der Waals surface area contributed by atoms with Crippen LogP contribution in [0, 0.1) is 0 Å². The summed E-state index contributed by atoms with van der Waals surface area (Å²) in [5.74, 6) is -0.873. The molecule has 0 saturated carbocycles. The van der Waals surface area contributed by atoms with Crippen LogP contribution in [-0.4, -0.2) is 51.1 Å². The topological polar surface area (TPSA) is 121 Å². The summed E-state index contributed by atoms with van der Waals surface area (Å²) < 4.78 is 27.9. The second-order valence-corrected chi connectivity index (χ2v) is 6.21. The van der Waals surface area contributed by atoms with Gasteiger partial charge in [0, 0.05) is 18.0 Å². The largest absolute Gasteiger partial charge is 0.465 e. The highest BCUT2D eigenvalue weighted by molar-refractivity contribution is 7.91. The van der Waals surface area contributed by atoms with E-state index in [2.05, 4.69) is 15.3 Å². The van der Waals surface area contributed by atoms with Gasteiger partial charge in [0.25, 0.3) is 0 Å². The fourth-order valence-corrected chi connectivity index (χ4v) is 3.80. The Kier molecular flexibility index (Phi) is 4.94. The number of hydrogen-bond acceptors (Lipinski definition) is 6. The molecule has 1 atom stereocenters. The molecule has 18 heavy (non-hydrogen) atoms. The Labute approximate surface area is 105 Å². The second kappa shape index (κ2) is 6.03. The molecule has 0 spiro atoms. The summed E-state index contributed by atoms with van der Waals surface area (Å²) in [5, 5.41) is 6.17. The molecule has 0 aromatic heterocycles. The number of azide groups is 1. The average Bonchev–Trinajstić information content (AvgIpc) is 2.62. The molecule has 1 fully saturated rings. The zero-order valence-electron chi connectivity index (χ0n) is 10.1. The Bertz CT molecular complexity index is 457. The van der Waals surface area contributed by atoms with Gasteiger partial charge >= 0.3 is 5.97 Å². The molecule has 1 heterocycles. The van der Waals surface area contributed by atoms with E-state index in [9.17, 15) is 13.2 Å². The Morgan fingerprint density at radius 3 is 2.83 bits per heavy atom. The van der Waals surface area contributed by atoms with E-state index in [1.54, 1.807) is 6.92 Å². The Balaban J connectivity index is 2.76. The normalized spacial score (nSPS) is 25.4. The van der Waals surface area contributed by atoms with Crippen molar-refractivity contribution in [3.63, 3.8) is 0 Å². The molecule has 1 rings (SSSR count). The maximum absolute atomic E-state index is 11.9. The Morgan fingerprint density at radius 2 is 2.33 bits per heavy atom. The third-order valence-electron chi connectivity index (χ3n) is 2.71. The van der Waals surface area contributed by atoms with Crippen molar-refractivity contribution in [2.24, 2.45) is 5.11 Å². The lowest BCUT2D eigenvalue weighted by atomic mass is 9.99. The van der Waals surface area contributed by atoms with Gasteiger partial charge in [0.05, 0.1) is 18.1 Å². The number of esters is 1. The number of rotatable bonds is 6. The summed E-state index contributed by atoms with van der Waals surface area (Å²) in [4.78, 5) is 14.4. The molecule has 8 nitrogen and oxygen atoms in total. The van der Waals surface area contributed by atoms with Crippen LogP contribution in [0.3, 0.4) is 0 Å². The molecule has 0 aromatic rings. The first-order valence-corrected chi connectivity index (χ1v) is 7.41. The first-order chi connectivity index (χ1) is 8.46. The van der Waals surface area contributed by atoms with Gasteiger partial charge in [-0.25, -0.2) is 8.42 Å². The standard InChI is InChI=1S/C9H16N4O4S/c1-2-17-8(14)9(11-4-5-12-13-10)3-6-18(15,16)7-9/h11H,2-7H2,1H3. The van der Waals surface area contributed by atoms with Crippen molar-refractivity contribution in [2.75, 3.05) is 31.2 Å². The van der Waals surface area contributed by atoms with E-state index in [1.165, 1.54) is 0 Å². The van der Waals surface area contributed by atoms with E-state index in [0.29, 0.717) is 0 Å². The number of carbonyl (C=O) groups is 1. The summed E-state index contributed by atoms with van der Waals surface area (Å²) >= 11 is 0. The minimum absolute atomic E-state index is 0.0413. The van der Waals surface area contributed by atoms with Gasteiger partial charge in [-0.1, -0.05) is 5.11 Å². The fourth-order valence-electron chi connectivity index (χ4n) is 1.88. The van der Waals surface area contributed by atoms with Crippen LogP contribution >= 0.6 is 0 Å². The third-order valence-corrected chi connectivity index (χ3v) is 4.47. The number of ether oxygens (including phenoxy) is 1. The highest BCUT2D eigenvalue weighted by Crippen LogP contribution is 2.25. The van der Waals surface area contributed by atoms with Gasteiger partial charge < -0.3 is 10.1 Å². The molecule has 9 heteroatoms. The van der Waals surface area contributed by atoms with Crippen LogP contribution < -0.4 is 5.32 Å². The van der Waals surface area contributed by atoms with E-state index in [-0.39, 0.29) is 37.6 Å². The SMILES string of the molecule is CCOC(=O)C1(NCCN=[N+]=[N-])CCS(=O)(=O)C1. The number of nitrogens with one attached hydrogen (secondary N) is 1. The number of sulfone groups is 1. The van der Waals surface area contributed by atoms with Crippen molar-refractivity contribution in [1.29, 1.82) is 0 Å². The predicted molar refractivity (Wildman–Crippen MR) is 64.7 cm³/mol. The molecular weight excluding hydrogens is 260 g/mol. The molecular formula is C9H16N4O4S. The monoisotopic (exact) mass is 276 g/mol. The maximum atomic E-state index is 11.9. The van der Waals surface area contributed by atoms with Crippen molar-refractivity contribution in [3.8, 4) is 0 Å². The molecule has 0 amide bonds. The molecule has 1 N–H and O–H groups in total. The van der Waals surface area contributed by atoms with E-state index >= 15 is 0 Å². The van der Waals surface area contributed by atoms with Crippen LogP contribution in [0.4, 0.5) is 0 Å². The molecule has 0 radical (unpaired) electrons. The highest BCUT2D eigenvalue weighted by atomic mass is 32.2. The number of hydrogen-bond donors (Lipinski definition) is 1. The van der Waals surface area contributed by atoms with Gasteiger partial charge in [-0.2, -0.15) is 0 Å². The van der Waals surface area contributed by atoms with E-state index in [4.69, 9.17) is 10.3 Å². The van der Waals surface area contributed by atoms with E-state index in [1.807, 2.05) is 0 Å². The molecule has 0 aliphatic carbocycles. The Morgan fingerprint density at radius 1 is 1.61 bits per heavy atom. The molecule has 1 aliphatic rings. The van der Waals surface area contributed by atoms with Gasteiger partial charge in [0.2, 0.25) is 0 Å². The smallest absolute Gasteiger partial charge is 0.327 e. The quantitative estimate of drug-likeness (QED) is 0.241. The zero-order valence-corrected chi connectivity index (χ0v) is 10.9. The van der Waals surface area contributed by atoms with E-state index in [0.717, 1.165) is 0 Å². The lowest BCUT2D eigenvalue weighted by molar-refractivity contribution is -0.150. The van der Waals surface area contributed by atoms with Gasteiger partial charge in [-0.3, -0.25) is 4.79 Å². The summed E-state index contributed by atoms with van der Waals surface area (Å²) in [7, 11) is -3.23. The first kappa shape index (κ1) is 14.7. The van der Waals surface area contributed by atoms with Crippen LogP contribution in [0.15, 0.2) is 5.11 Å². The summed E-state index contributed by atoms with van der Waals surface area (Å²) in [6.07, 6.45) is 0.185. The molecule has 0 bridgehead atoms. The second-order valence-electron chi connectivity index (χ2n) is 4.03. The van der Waals surface area contributed by atoms with Gasteiger partial charge in [0.15, 0.2) is 9.84 Å². The van der Waals surface area contributed by atoms with Crippen molar-refractivity contribution in [1.82, 2.24) is 5.32 Å². The summed E-state index contributed by atoms with van der Waals surface area (Å²) in [6.45, 7) is 2.24. The van der Waals surface area contributed by atoms with Crippen LogP contribution in [-0.2, 0) is 19.4 Å². The lowest BCUT2D eigenvalue weighted by Gasteiger charge is -2.26. The van der Waals surface area contributed by atoms with Crippen LogP contribution in [0.25, 0.3) is 10.4 Å². The van der Waals surface area contributed by atoms with Crippen molar-refractivity contribution in [2.45, 2.75) is 18.9 Å². The third kappa shape index (κ3) is 3.59. The predicted octanol–water partition coefficient (Wildman–Crippen LogP) is 0.00670. The number of nitrogens with zero attached hydrogens (tertiary/aromatic N) is 3. The summed E-state index contributed by atoms with van der Waals surface area (Å²) in [5.41, 5.74) is 6.95. The van der Waals surface area contributed by atoms with Crippen LogP contribution in [0.5, 0.6) is 0 Å². The minimum atomic E-state index is -3.23. The summed E-state index contributed by atoms with van der Waals surface area (Å²) in [6, 6.07) is 0. The van der Waals surface area contributed by atoms with Crippen molar-refractivity contribution < 1.29 is 17.9 Å². The van der Waals surface area contributed by atoms with Crippen LogP contribution in [0.2, 0.25) is 0 Å². The highest BCUT2D eigenvalue weighted by Gasteiger charge is 2.48. The molecule has 1 aliphatic heterocycles. The molecule has 0 aromatic carbocycles. The minimum Gasteiger partial charge on any atom is -0.465 e. The maximum Gasteiger partial charge on any atom is 0.327 e. The van der Waals surface area contributed by atoms with Crippen molar-refractivity contribution in [3.05, 3.63) is 10.4 Å². The van der Waals surface area contributed by atoms with Crippen LogP contribution in [0.1, 0.15) is 13.3 Å². The lowest BCUT2D eigenvalue weighted by Crippen LogP contribution is -2.54. The van der Waals surface area contributed by atoms with E-state index < -0.39 is 21.3 Å². The average molecular weight is 276 g/mol. The van der Waals surface area contributed by atoms with Gasteiger partial charge in [0.1, 0.15) is 5.54 Å². The van der Waals surface area contributed by atoms with Crippen molar-refractivity contribution >= 4 is 15.8 Å². The molecule has 102 valence electrons. The Hall–Kier alpha value is -1.31. The molecule has 1 unspecified atom stereocenters. The number of carbonyl (C=O) groups excluding carboxylic acids is 1. The fraction of sp³-hybridized carbons (Fsp3) is 0.889.